The van der Waals surface area contributed by atoms with Gasteiger partial charge in [-0.1, -0.05) is 6.07 Å². The number of nitriles is 1. The fourth-order valence-corrected chi connectivity index (χ4v) is 2.28. The average molecular weight is 267 g/mol. The molecule has 3 rings (SSSR count). The molecule has 0 saturated carbocycles. The van der Waals surface area contributed by atoms with Crippen molar-refractivity contribution in [3.63, 3.8) is 0 Å². The summed E-state index contributed by atoms with van der Waals surface area (Å²) in [6.07, 6.45) is 0.778. The molecule has 0 saturated heterocycles. The summed E-state index contributed by atoms with van der Waals surface area (Å²) < 4.78 is 0. The number of aromatic nitrogens is 2. The summed E-state index contributed by atoms with van der Waals surface area (Å²) in [5.41, 5.74) is 2.84. The largest absolute Gasteiger partial charge is 0.347 e. The molecule has 0 amide bonds. The molecule has 0 bridgehead atoms. The van der Waals surface area contributed by atoms with Crippen LogP contribution in [-0.2, 0) is 13.0 Å². The molecule has 1 aliphatic heterocycles. The van der Waals surface area contributed by atoms with E-state index in [0.29, 0.717) is 17.9 Å². The Hall–Kier alpha value is -2.65. The second-order valence-electron chi connectivity index (χ2n) is 4.59. The van der Waals surface area contributed by atoms with E-state index in [9.17, 15) is 4.79 Å². The van der Waals surface area contributed by atoms with E-state index in [4.69, 9.17) is 5.26 Å². The monoisotopic (exact) mass is 267 g/mol. The first kappa shape index (κ1) is 12.4. The van der Waals surface area contributed by atoms with Gasteiger partial charge in [0.1, 0.15) is 5.82 Å². The molecule has 0 spiro atoms. The SMILES string of the molecule is N#Cc1cccc(Nc2nc(=O)[nH]c3c2CNCC3)c1. The number of rotatable bonds is 2. The maximum absolute atomic E-state index is 11.6. The van der Waals surface area contributed by atoms with Crippen LogP contribution in [0.3, 0.4) is 0 Å². The van der Waals surface area contributed by atoms with Crippen LogP contribution in [0.4, 0.5) is 11.5 Å². The summed E-state index contributed by atoms with van der Waals surface area (Å²) in [4.78, 5) is 18.4. The Balaban J connectivity index is 2.00. The molecule has 2 heterocycles. The highest BCUT2D eigenvalue weighted by Gasteiger charge is 2.15. The normalized spacial score (nSPS) is 13.3. The van der Waals surface area contributed by atoms with E-state index in [1.54, 1.807) is 18.2 Å². The van der Waals surface area contributed by atoms with Crippen molar-refractivity contribution in [3.05, 3.63) is 51.6 Å². The molecule has 6 nitrogen and oxygen atoms in total. The number of hydrogen-bond acceptors (Lipinski definition) is 5. The summed E-state index contributed by atoms with van der Waals surface area (Å²) >= 11 is 0. The van der Waals surface area contributed by atoms with Gasteiger partial charge in [0.25, 0.3) is 0 Å². The van der Waals surface area contributed by atoms with Crippen LogP contribution < -0.4 is 16.3 Å². The lowest BCUT2D eigenvalue weighted by Crippen LogP contribution is -2.29. The summed E-state index contributed by atoms with van der Waals surface area (Å²) in [5.74, 6) is 0.547. The number of benzene rings is 1. The van der Waals surface area contributed by atoms with Gasteiger partial charge in [-0.25, -0.2) is 4.79 Å². The number of aromatic amines is 1. The minimum absolute atomic E-state index is 0.357. The first-order chi connectivity index (χ1) is 9.76. The first-order valence-corrected chi connectivity index (χ1v) is 6.36. The Kier molecular flexibility index (Phi) is 3.19. The third-order valence-corrected chi connectivity index (χ3v) is 3.23. The molecule has 0 radical (unpaired) electrons. The van der Waals surface area contributed by atoms with Crippen LogP contribution in [0.2, 0.25) is 0 Å². The summed E-state index contributed by atoms with van der Waals surface area (Å²) in [6, 6.07) is 9.17. The van der Waals surface area contributed by atoms with Crippen LogP contribution in [0.15, 0.2) is 29.1 Å². The topological polar surface area (TPSA) is 93.6 Å². The maximum atomic E-state index is 11.6. The summed E-state index contributed by atoms with van der Waals surface area (Å²) in [7, 11) is 0. The van der Waals surface area contributed by atoms with Crippen molar-refractivity contribution >= 4 is 11.5 Å². The van der Waals surface area contributed by atoms with Gasteiger partial charge in [0, 0.05) is 36.5 Å². The number of H-pyrrole nitrogens is 1. The van der Waals surface area contributed by atoms with Crippen molar-refractivity contribution in [1.29, 1.82) is 5.26 Å². The predicted molar refractivity (Wildman–Crippen MR) is 74.7 cm³/mol. The lowest BCUT2D eigenvalue weighted by molar-refractivity contribution is 0.624. The predicted octanol–water partition coefficient (Wildman–Crippen LogP) is 1.03. The van der Waals surface area contributed by atoms with E-state index in [2.05, 4.69) is 26.7 Å². The highest BCUT2D eigenvalue weighted by Crippen LogP contribution is 2.22. The Morgan fingerprint density at radius 3 is 3.15 bits per heavy atom. The van der Waals surface area contributed by atoms with Crippen molar-refractivity contribution in [2.45, 2.75) is 13.0 Å². The smallest absolute Gasteiger partial charge is 0.340 e. The first-order valence-electron chi connectivity index (χ1n) is 6.36. The molecule has 20 heavy (non-hydrogen) atoms. The third kappa shape index (κ3) is 2.39. The quantitative estimate of drug-likeness (QED) is 0.755. The molecule has 1 aromatic carbocycles. The Labute approximate surface area is 115 Å². The van der Waals surface area contributed by atoms with Gasteiger partial charge in [0.2, 0.25) is 0 Å². The van der Waals surface area contributed by atoms with Crippen LogP contribution >= 0.6 is 0 Å². The second kappa shape index (κ2) is 5.15. The highest BCUT2D eigenvalue weighted by atomic mass is 16.1. The van der Waals surface area contributed by atoms with E-state index in [1.165, 1.54) is 0 Å². The van der Waals surface area contributed by atoms with E-state index in [1.807, 2.05) is 6.07 Å². The molecular weight excluding hydrogens is 254 g/mol. The van der Waals surface area contributed by atoms with Crippen LogP contribution in [0.1, 0.15) is 16.8 Å². The van der Waals surface area contributed by atoms with E-state index < -0.39 is 0 Å². The van der Waals surface area contributed by atoms with Gasteiger partial charge in [0.05, 0.1) is 11.6 Å². The average Bonchev–Trinajstić information content (AvgIpc) is 2.47. The number of hydrogen-bond donors (Lipinski definition) is 3. The third-order valence-electron chi connectivity index (χ3n) is 3.23. The molecule has 2 aromatic rings. The van der Waals surface area contributed by atoms with Crippen LogP contribution in [0.25, 0.3) is 0 Å². The minimum Gasteiger partial charge on any atom is -0.340 e. The fourth-order valence-electron chi connectivity index (χ4n) is 2.28. The minimum atomic E-state index is -0.357. The van der Waals surface area contributed by atoms with Crippen molar-refractivity contribution in [2.24, 2.45) is 0 Å². The number of fused-ring (bicyclic) bond motifs is 1. The van der Waals surface area contributed by atoms with Gasteiger partial charge in [-0.05, 0) is 18.2 Å². The second-order valence-corrected chi connectivity index (χ2v) is 4.59. The zero-order valence-electron chi connectivity index (χ0n) is 10.7. The lowest BCUT2D eigenvalue weighted by Gasteiger charge is -2.19. The van der Waals surface area contributed by atoms with Crippen molar-refractivity contribution in [3.8, 4) is 6.07 Å². The fraction of sp³-hybridized carbons (Fsp3) is 0.214. The summed E-state index contributed by atoms with van der Waals surface area (Å²) in [6.45, 7) is 1.51. The number of nitrogens with one attached hydrogen (secondary N) is 3. The highest BCUT2D eigenvalue weighted by molar-refractivity contribution is 5.61. The van der Waals surface area contributed by atoms with Gasteiger partial charge in [-0.3, -0.25) is 0 Å². The van der Waals surface area contributed by atoms with Gasteiger partial charge in [-0.15, -0.1) is 0 Å². The number of anilines is 2. The van der Waals surface area contributed by atoms with Gasteiger partial charge >= 0.3 is 5.69 Å². The Bertz CT molecular complexity index is 744. The Morgan fingerprint density at radius 2 is 2.30 bits per heavy atom. The van der Waals surface area contributed by atoms with Crippen molar-refractivity contribution in [2.75, 3.05) is 11.9 Å². The van der Waals surface area contributed by atoms with Crippen LogP contribution in [-0.4, -0.2) is 16.5 Å². The van der Waals surface area contributed by atoms with E-state index >= 15 is 0 Å². The van der Waals surface area contributed by atoms with Gasteiger partial charge < -0.3 is 15.6 Å². The molecule has 3 N–H and O–H groups in total. The summed E-state index contributed by atoms with van der Waals surface area (Å²) in [5, 5.41) is 15.3. The van der Waals surface area contributed by atoms with Crippen molar-refractivity contribution < 1.29 is 0 Å². The molecule has 1 aliphatic rings. The molecular formula is C14H13N5O. The van der Waals surface area contributed by atoms with Crippen LogP contribution in [0.5, 0.6) is 0 Å². The standard InChI is InChI=1S/C14H13N5O/c15-7-9-2-1-3-10(6-9)17-13-11-8-16-5-4-12(11)18-14(20)19-13/h1-3,6,16H,4-5,8H2,(H2,17,18,19,20). The Morgan fingerprint density at radius 1 is 1.40 bits per heavy atom. The molecule has 0 aliphatic carbocycles. The molecule has 6 heteroatoms. The van der Waals surface area contributed by atoms with Crippen molar-refractivity contribution in [1.82, 2.24) is 15.3 Å². The van der Waals surface area contributed by atoms with Gasteiger partial charge in [-0.2, -0.15) is 10.2 Å². The van der Waals surface area contributed by atoms with E-state index in [0.717, 1.165) is 29.9 Å². The molecule has 100 valence electrons. The molecule has 0 fully saturated rings. The molecule has 0 unspecified atom stereocenters. The molecule has 0 atom stereocenters. The number of nitrogens with zero attached hydrogens (tertiary/aromatic N) is 2. The zero-order chi connectivity index (χ0) is 13.9. The maximum Gasteiger partial charge on any atom is 0.347 e. The molecule has 1 aromatic heterocycles. The zero-order valence-corrected chi connectivity index (χ0v) is 10.7. The van der Waals surface area contributed by atoms with E-state index in [-0.39, 0.29) is 5.69 Å². The van der Waals surface area contributed by atoms with Gasteiger partial charge in [0.15, 0.2) is 0 Å². The lowest BCUT2D eigenvalue weighted by atomic mass is 10.1. The van der Waals surface area contributed by atoms with Crippen LogP contribution in [0, 0.1) is 11.3 Å².